The molecule has 0 amide bonds. The van der Waals surface area contributed by atoms with Crippen molar-refractivity contribution >= 4 is 0 Å². The van der Waals surface area contributed by atoms with Crippen molar-refractivity contribution in [2.45, 2.75) is 129 Å². The van der Waals surface area contributed by atoms with Gasteiger partial charge in [0.25, 0.3) is 0 Å². The van der Waals surface area contributed by atoms with Gasteiger partial charge in [0, 0.05) is 11.1 Å². The molecule has 2 aliphatic rings. The first-order chi connectivity index (χ1) is 22.5. The molecule has 0 aliphatic heterocycles. The van der Waals surface area contributed by atoms with Crippen LogP contribution in [-0.2, 0) is 6.42 Å². The van der Waals surface area contributed by atoms with Crippen LogP contribution in [0.4, 0.5) is 13.2 Å². The quantitative estimate of drug-likeness (QED) is 0.123. The molecule has 0 aromatic heterocycles. The minimum Gasteiger partial charge on any atom is -0.206 e. The smallest absolute Gasteiger partial charge is 0.166 e. The number of hydrogen-bond acceptors (Lipinski definition) is 0. The maximum Gasteiger partial charge on any atom is 0.166 e. The second-order valence-corrected chi connectivity index (χ2v) is 14.3. The van der Waals surface area contributed by atoms with Gasteiger partial charge in [-0.1, -0.05) is 113 Å². The Kier molecular flexibility index (Phi) is 13.0. The van der Waals surface area contributed by atoms with Crippen molar-refractivity contribution < 1.29 is 13.2 Å². The van der Waals surface area contributed by atoms with Crippen LogP contribution < -0.4 is 0 Å². The van der Waals surface area contributed by atoms with Crippen LogP contribution in [0.3, 0.4) is 0 Å². The summed E-state index contributed by atoms with van der Waals surface area (Å²) in [4.78, 5) is 0. The minimum absolute atomic E-state index is 0.211. The summed E-state index contributed by atoms with van der Waals surface area (Å²) in [6, 6.07) is 16.3. The molecule has 0 nitrogen and oxygen atoms in total. The van der Waals surface area contributed by atoms with Crippen LogP contribution in [0.25, 0.3) is 22.3 Å². The molecule has 0 unspecified atom stereocenters. The number of halogens is 3. The third-order valence-electron chi connectivity index (χ3n) is 11.2. The van der Waals surface area contributed by atoms with Gasteiger partial charge in [0.2, 0.25) is 0 Å². The Morgan fingerprint density at radius 3 is 1.78 bits per heavy atom. The van der Waals surface area contributed by atoms with Crippen LogP contribution in [0.15, 0.2) is 66.7 Å². The molecule has 0 heterocycles. The molecule has 3 heteroatoms. The van der Waals surface area contributed by atoms with Crippen LogP contribution in [-0.4, -0.2) is 0 Å². The molecule has 2 fully saturated rings. The van der Waals surface area contributed by atoms with Crippen LogP contribution in [0.5, 0.6) is 0 Å². The Morgan fingerprint density at radius 2 is 1.17 bits per heavy atom. The highest BCUT2D eigenvalue weighted by Gasteiger charge is 2.31. The van der Waals surface area contributed by atoms with Crippen molar-refractivity contribution in [3.05, 3.63) is 95.3 Å². The molecular formula is C43H55F3. The number of hydrogen-bond donors (Lipinski definition) is 0. The van der Waals surface area contributed by atoms with E-state index in [0.29, 0.717) is 29.0 Å². The number of allylic oxidation sites excluding steroid dienone is 2. The third-order valence-corrected chi connectivity index (χ3v) is 11.2. The molecule has 3 aromatic carbocycles. The second-order valence-electron chi connectivity index (χ2n) is 14.3. The zero-order valence-electron chi connectivity index (χ0n) is 28.3. The maximum atomic E-state index is 15.4. The summed E-state index contributed by atoms with van der Waals surface area (Å²) in [6.07, 6.45) is 24.7. The van der Waals surface area contributed by atoms with E-state index in [1.54, 1.807) is 30.3 Å². The number of rotatable bonds is 14. The highest BCUT2D eigenvalue weighted by molar-refractivity contribution is 5.71. The number of benzene rings is 3. The third kappa shape index (κ3) is 8.96. The van der Waals surface area contributed by atoms with Crippen molar-refractivity contribution in [2.75, 3.05) is 0 Å². The Hall–Kier alpha value is -2.81. The topological polar surface area (TPSA) is 0 Å². The predicted octanol–water partition coefficient (Wildman–Crippen LogP) is 13.8. The summed E-state index contributed by atoms with van der Waals surface area (Å²) in [7, 11) is 0. The Balaban J connectivity index is 1.14. The van der Waals surface area contributed by atoms with Crippen LogP contribution in [0, 0.1) is 35.2 Å². The van der Waals surface area contributed by atoms with Crippen LogP contribution in [0.2, 0.25) is 0 Å². The monoisotopic (exact) mass is 628 g/mol. The van der Waals surface area contributed by atoms with Gasteiger partial charge in [0.05, 0.1) is 0 Å². The predicted molar refractivity (Wildman–Crippen MR) is 188 cm³/mol. The molecule has 0 spiro atoms. The van der Waals surface area contributed by atoms with E-state index in [4.69, 9.17) is 0 Å². The molecule has 2 aliphatic carbocycles. The number of unbranched alkanes of at least 4 members (excludes halogenated alkanes) is 7. The summed E-state index contributed by atoms with van der Waals surface area (Å²) >= 11 is 0. The summed E-state index contributed by atoms with van der Waals surface area (Å²) in [6.45, 7) is 4.35. The van der Waals surface area contributed by atoms with Crippen molar-refractivity contribution in [3.8, 4) is 22.3 Å². The zero-order chi connectivity index (χ0) is 32.3. The maximum absolute atomic E-state index is 15.4. The average Bonchev–Trinajstić information content (AvgIpc) is 3.08. The largest absolute Gasteiger partial charge is 0.206 e. The van der Waals surface area contributed by atoms with Gasteiger partial charge in [-0.25, -0.2) is 13.2 Å². The lowest BCUT2D eigenvalue weighted by atomic mass is 9.68. The van der Waals surface area contributed by atoms with Crippen molar-refractivity contribution in [1.29, 1.82) is 0 Å². The normalized spacial score (nSPS) is 22.0. The molecule has 3 aromatic rings. The fourth-order valence-corrected chi connectivity index (χ4v) is 8.31. The SMILES string of the molecule is C/C=C/C1CCC(C2CCC(c3ccc(-c4ccc(-c5ccc(CCCCCCCCCC)c(F)c5F)cc4)c(F)c3)CC2)CC1. The van der Waals surface area contributed by atoms with E-state index in [0.717, 1.165) is 61.0 Å². The lowest BCUT2D eigenvalue weighted by Crippen LogP contribution is -2.25. The van der Waals surface area contributed by atoms with E-state index < -0.39 is 11.6 Å². The van der Waals surface area contributed by atoms with Crippen molar-refractivity contribution in [3.63, 3.8) is 0 Å². The minimum atomic E-state index is -0.795. The molecule has 2 saturated carbocycles. The van der Waals surface area contributed by atoms with Crippen molar-refractivity contribution in [1.82, 2.24) is 0 Å². The second kappa shape index (κ2) is 17.4. The van der Waals surface area contributed by atoms with Gasteiger partial charge >= 0.3 is 0 Å². The van der Waals surface area contributed by atoms with E-state index in [9.17, 15) is 4.39 Å². The Morgan fingerprint density at radius 1 is 0.609 bits per heavy atom. The van der Waals surface area contributed by atoms with E-state index in [1.165, 1.54) is 70.6 Å². The lowest BCUT2D eigenvalue weighted by molar-refractivity contribution is 0.171. The van der Waals surface area contributed by atoms with Crippen LogP contribution >= 0.6 is 0 Å². The standard InChI is InChI=1S/C43H55F3/c1-3-5-6-7-8-9-10-11-13-37-26-29-40(43(46)42(37)45)36-24-22-35(23-25-36)39-28-27-38(30-41(39)44)34-20-18-33(19-21-34)32-16-14-31(12-4-2)15-17-32/h4,12,22-34H,3,5-11,13-21H2,1-2H3/b12-4+. The van der Waals surface area contributed by atoms with Gasteiger partial charge in [0.15, 0.2) is 11.6 Å². The first kappa shape index (κ1) is 34.5. The highest BCUT2D eigenvalue weighted by Crippen LogP contribution is 2.44. The van der Waals surface area contributed by atoms with E-state index >= 15 is 8.78 Å². The molecule has 0 saturated heterocycles. The van der Waals surface area contributed by atoms with Gasteiger partial charge in [-0.05, 0) is 123 Å². The van der Waals surface area contributed by atoms with Gasteiger partial charge in [0.1, 0.15) is 5.82 Å². The number of aryl methyl sites for hydroxylation is 1. The summed E-state index contributed by atoms with van der Waals surface area (Å²) in [5.41, 5.74) is 3.71. The molecule has 46 heavy (non-hydrogen) atoms. The Labute approximate surface area is 276 Å². The highest BCUT2D eigenvalue weighted by atomic mass is 19.2. The van der Waals surface area contributed by atoms with E-state index in [2.05, 4.69) is 32.1 Å². The molecule has 248 valence electrons. The van der Waals surface area contributed by atoms with Gasteiger partial charge in [-0.3, -0.25) is 0 Å². The van der Waals surface area contributed by atoms with Crippen LogP contribution in [0.1, 0.15) is 134 Å². The lowest BCUT2D eigenvalue weighted by Gasteiger charge is -2.37. The molecule has 5 rings (SSSR count). The summed E-state index contributed by atoms with van der Waals surface area (Å²) in [5.74, 6) is 1.16. The molecule has 0 bridgehead atoms. The van der Waals surface area contributed by atoms with Gasteiger partial charge < -0.3 is 0 Å². The fraction of sp³-hybridized carbons (Fsp3) is 0.535. The van der Waals surface area contributed by atoms with Gasteiger partial charge in [-0.15, -0.1) is 0 Å². The summed E-state index contributed by atoms with van der Waals surface area (Å²) < 4.78 is 45.6. The fourth-order valence-electron chi connectivity index (χ4n) is 8.31. The zero-order valence-corrected chi connectivity index (χ0v) is 28.3. The Bertz CT molecular complexity index is 1390. The molecular weight excluding hydrogens is 573 g/mol. The van der Waals surface area contributed by atoms with E-state index in [1.807, 2.05) is 18.2 Å². The molecule has 0 radical (unpaired) electrons. The first-order valence-corrected chi connectivity index (χ1v) is 18.5. The molecule has 0 N–H and O–H groups in total. The summed E-state index contributed by atoms with van der Waals surface area (Å²) in [5, 5.41) is 0. The van der Waals surface area contributed by atoms with Crippen molar-refractivity contribution in [2.24, 2.45) is 17.8 Å². The van der Waals surface area contributed by atoms with Gasteiger partial charge in [-0.2, -0.15) is 0 Å². The van der Waals surface area contributed by atoms with E-state index in [-0.39, 0.29) is 11.4 Å². The molecule has 0 atom stereocenters. The average molecular weight is 629 g/mol. The first-order valence-electron chi connectivity index (χ1n) is 18.5.